The minimum absolute atomic E-state index is 0.0110. The van der Waals surface area contributed by atoms with Crippen molar-refractivity contribution >= 4 is 38.3 Å². The molecule has 1 saturated carbocycles. The molecule has 0 spiro atoms. The topological polar surface area (TPSA) is 70.1 Å². The predicted octanol–water partition coefficient (Wildman–Crippen LogP) is 1.93. The van der Waals surface area contributed by atoms with Crippen molar-refractivity contribution in [2.45, 2.75) is 18.9 Å². The maximum absolute atomic E-state index is 15.5. The molecule has 6 nitrogen and oxygen atoms in total. The van der Waals surface area contributed by atoms with Gasteiger partial charge >= 0.3 is 0 Å². The lowest BCUT2D eigenvalue weighted by Crippen LogP contribution is -2.44. The largest absolute Gasteiger partial charge is 0.364 e. The Morgan fingerprint density at radius 1 is 1.15 bits per heavy atom. The number of benzene rings is 1. The van der Waals surface area contributed by atoms with Crippen molar-refractivity contribution in [1.29, 1.82) is 0 Å². The lowest BCUT2D eigenvalue weighted by atomic mass is 10.1. The molecule has 1 aromatic carbocycles. The highest BCUT2D eigenvalue weighted by atomic mass is 32.1. The van der Waals surface area contributed by atoms with Crippen molar-refractivity contribution in [2.75, 3.05) is 31.1 Å². The average molecular weight is 378 g/mol. The number of H-pyrrole nitrogens is 1. The maximum atomic E-state index is 15.5. The van der Waals surface area contributed by atoms with Gasteiger partial charge in [-0.05, 0) is 30.4 Å². The van der Waals surface area contributed by atoms with Crippen LogP contribution in [0.25, 0.3) is 21.1 Å². The molecular weight excluding hydrogens is 362 g/mol. The van der Waals surface area contributed by atoms with Gasteiger partial charge in [0, 0.05) is 32.2 Å². The fourth-order valence-electron chi connectivity index (χ4n) is 3.77. The van der Waals surface area contributed by atoms with Gasteiger partial charge in [-0.2, -0.15) is 0 Å². The van der Waals surface area contributed by atoms with Crippen LogP contribution in [0, 0.1) is 11.6 Å². The molecule has 1 saturated heterocycles. The smallest absolute Gasteiger partial charge is 0.271 e. The summed E-state index contributed by atoms with van der Waals surface area (Å²) in [7, 11) is 0. The minimum Gasteiger partial charge on any atom is -0.364 e. The molecule has 136 valence electrons. The zero-order valence-electron chi connectivity index (χ0n) is 13.8. The summed E-state index contributed by atoms with van der Waals surface area (Å²) in [5.41, 5.74) is -1.09. The number of fused-ring (bicyclic) bond motifs is 2. The van der Waals surface area contributed by atoms with Gasteiger partial charge in [0.05, 0.1) is 10.9 Å². The van der Waals surface area contributed by atoms with E-state index in [1.165, 1.54) is 0 Å². The van der Waals surface area contributed by atoms with Crippen LogP contribution in [0.4, 0.5) is 14.5 Å². The van der Waals surface area contributed by atoms with Crippen LogP contribution in [0.2, 0.25) is 0 Å². The number of halogens is 2. The number of hydrogen-bond acceptors (Lipinski definition) is 5. The Morgan fingerprint density at radius 2 is 1.88 bits per heavy atom. The molecule has 0 unspecified atom stereocenters. The van der Waals surface area contributed by atoms with E-state index in [9.17, 15) is 14.0 Å². The van der Waals surface area contributed by atoms with E-state index in [4.69, 9.17) is 0 Å². The molecule has 0 amide bonds. The highest BCUT2D eigenvalue weighted by molar-refractivity contribution is 7.12. The lowest BCUT2D eigenvalue weighted by Gasteiger charge is -2.30. The Labute approximate surface area is 150 Å². The number of pyridine rings is 1. The van der Waals surface area contributed by atoms with E-state index in [1.54, 1.807) is 9.47 Å². The monoisotopic (exact) mass is 378 g/mol. The van der Waals surface area contributed by atoms with Gasteiger partial charge in [-0.3, -0.25) is 14.0 Å². The summed E-state index contributed by atoms with van der Waals surface area (Å²) in [5, 5.41) is 3.08. The van der Waals surface area contributed by atoms with Gasteiger partial charge in [0.1, 0.15) is 21.7 Å². The van der Waals surface area contributed by atoms with Crippen LogP contribution in [-0.4, -0.2) is 35.1 Å². The Morgan fingerprint density at radius 3 is 2.58 bits per heavy atom. The molecule has 2 N–H and O–H groups in total. The van der Waals surface area contributed by atoms with Crippen molar-refractivity contribution in [1.82, 2.24) is 14.3 Å². The number of piperazine rings is 1. The van der Waals surface area contributed by atoms with Crippen LogP contribution in [-0.2, 0) is 0 Å². The molecule has 2 fully saturated rings. The molecule has 2 aromatic heterocycles. The number of nitrogens with one attached hydrogen (secondary N) is 2. The number of anilines is 1. The molecule has 9 heteroatoms. The van der Waals surface area contributed by atoms with Gasteiger partial charge < -0.3 is 14.8 Å². The Balaban J connectivity index is 1.92. The second kappa shape index (κ2) is 5.62. The zero-order valence-corrected chi connectivity index (χ0v) is 14.6. The zero-order chi connectivity index (χ0) is 18.0. The fraction of sp³-hybridized carbons (Fsp3) is 0.412. The van der Waals surface area contributed by atoms with Crippen LogP contribution in [0.1, 0.15) is 18.9 Å². The Kier molecular flexibility index (Phi) is 3.45. The molecule has 0 bridgehead atoms. The first-order chi connectivity index (χ1) is 12.6. The first-order valence-electron chi connectivity index (χ1n) is 8.61. The Hall–Kier alpha value is -2.26. The summed E-state index contributed by atoms with van der Waals surface area (Å²) in [4.78, 5) is 26.9. The molecule has 5 rings (SSSR count). The number of hydrogen-bond donors (Lipinski definition) is 2. The van der Waals surface area contributed by atoms with Crippen LogP contribution >= 0.6 is 11.5 Å². The summed E-state index contributed by atoms with van der Waals surface area (Å²) >= 11 is 1.03. The molecule has 26 heavy (non-hydrogen) atoms. The first-order valence-corrected chi connectivity index (χ1v) is 9.42. The second-order valence-electron chi connectivity index (χ2n) is 6.80. The van der Waals surface area contributed by atoms with E-state index >= 15 is 4.39 Å². The van der Waals surface area contributed by atoms with Gasteiger partial charge in [0.25, 0.3) is 5.56 Å². The van der Waals surface area contributed by atoms with E-state index in [0.717, 1.165) is 30.4 Å². The number of nitrogens with zero attached hydrogens (tertiary/aromatic N) is 2. The van der Waals surface area contributed by atoms with E-state index < -0.39 is 22.6 Å². The van der Waals surface area contributed by atoms with E-state index in [0.29, 0.717) is 31.0 Å². The van der Waals surface area contributed by atoms with Crippen molar-refractivity contribution in [2.24, 2.45) is 0 Å². The third kappa shape index (κ3) is 2.16. The number of aromatic amines is 1. The quantitative estimate of drug-likeness (QED) is 0.715. The SMILES string of the molecule is O=c1[nH]sc2c1c(=O)c1cc(F)c(N3CCNCC3)c(F)c1n2C1CC1. The third-order valence-electron chi connectivity index (χ3n) is 5.13. The first kappa shape index (κ1) is 16.0. The van der Waals surface area contributed by atoms with Crippen LogP contribution < -0.4 is 21.2 Å². The average Bonchev–Trinajstić information content (AvgIpc) is 3.39. The molecule has 1 aliphatic heterocycles. The molecule has 0 radical (unpaired) electrons. The normalized spacial score (nSPS) is 18.2. The van der Waals surface area contributed by atoms with Gasteiger partial charge in [-0.15, -0.1) is 0 Å². The summed E-state index contributed by atoms with van der Waals surface area (Å²) < 4.78 is 34.6. The van der Waals surface area contributed by atoms with Gasteiger partial charge in [0.15, 0.2) is 5.82 Å². The van der Waals surface area contributed by atoms with Gasteiger partial charge in [-0.25, -0.2) is 8.78 Å². The molecule has 0 atom stereocenters. The molecular formula is C17H16F2N4O2S. The maximum Gasteiger partial charge on any atom is 0.271 e. The van der Waals surface area contributed by atoms with Gasteiger partial charge in [-0.1, -0.05) is 0 Å². The van der Waals surface area contributed by atoms with Gasteiger partial charge in [0.2, 0.25) is 5.43 Å². The summed E-state index contributed by atoms with van der Waals surface area (Å²) in [6.07, 6.45) is 1.69. The number of aromatic nitrogens is 2. The third-order valence-corrected chi connectivity index (χ3v) is 6.01. The fourth-order valence-corrected chi connectivity index (χ4v) is 4.68. The summed E-state index contributed by atoms with van der Waals surface area (Å²) in [6.45, 7) is 2.27. The van der Waals surface area contributed by atoms with Crippen LogP contribution in [0.3, 0.4) is 0 Å². The minimum atomic E-state index is -0.762. The van der Waals surface area contributed by atoms with E-state index in [2.05, 4.69) is 9.69 Å². The molecule has 1 aliphatic carbocycles. The Bertz CT molecular complexity index is 1160. The van der Waals surface area contributed by atoms with Crippen molar-refractivity contribution < 1.29 is 8.78 Å². The predicted molar refractivity (Wildman–Crippen MR) is 97.5 cm³/mol. The lowest BCUT2D eigenvalue weighted by molar-refractivity contribution is 0.539. The number of rotatable bonds is 2. The van der Waals surface area contributed by atoms with Crippen molar-refractivity contribution in [3.63, 3.8) is 0 Å². The molecule has 2 aliphatic rings. The second-order valence-corrected chi connectivity index (χ2v) is 7.59. The highest BCUT2D eigenvalue weighted by Crippen LogP contribution is 2.42. The van der Waals surface area contributed by atoms with Crippen molar-refractivity contribution in [3.8, 4) is 0 Å². The molecule has 3 aromatic rings. The van der Waals surface area contributed by atoms with E-state index in [1.807, 2.05) is 0 Å². The highest BCUT2D eigenvalue weighted by Gasteiger charge is 2.32. The van der Waals surface area contributed by atoms with Crippen molar-refractivity contribution in [3.05, 3.63) is 38.3 Å². The van der Waals surface area contributed by atoms with Crippen LogP contribution in [0.5, 0.6) is 0 Å². The summed E-state index contributed by atoms with van der Waals surface area (Å²) in [5.74, 6) is -1.48. The summed E-state index contributed by atoms with van der Waals surface area (Å²) in [6, 6.07) is 1.12. The molecule has 3 heterocycles. The van der Waals surface area contributed by atoms with Crippen LogP contribution in [0.15, 0.2) is 15.7 Å². The van der Waals surface area contributed by atoms with E-state index in [-0.39, 0.29) is 28.0 Å². The standard InChI is InChI=1S/C17H16F2N4O2S/c18-10-7-9-13(12(19)14(10)22-5-3-20-4-6-22)23(8-1-2-8)17-11(15(9)24)16(25)21-26-17/h7-8,20H,1-6H2,(H,21,25).